The Bertz CT molecular complexity index is 1230. The fourth-order valence-corrected chi connectivity index (χ4v) is 9.83. The van der Waals surface area contributed by atoms with Crippen molar-refractivity contribution >= 4 is 15.9 Å². The molecular formula is C26H32N2O6S. The molecule has 8 nitrogen and oxygen atoms in total. The van der Waals surface area contributed by atoms with Crippen molar-refractivity contribution in [1.29, 1.82) is 0 Å². The third-order valence-corrected chi connectivity index (χ3v) is 11.2. The second-order valence-corrected chi connectivity index (χ2v) is 12.9. The van der Waals surface area contributed by atoms with Gasteiger partial charge in [0.25, 0.3) is 5.91 Å². The number of sulfonamides is 1. The topological polar surface area (TPSA) is 89.3 Å². The van der Waals surface area contributed by atoms with E-state index in [0.29, 0.717) is 24.6 Å². The van der Waals surface area contributed by atoms with Crippen molar-refractivity contribution in [2.24, 2.45) is 16.7 Å². The van der Waals surface area contributed by atoms with Crippen LogP contribution in [-0.2, 0) is 26.2 Å². The van der Waals surface area contributed by atoms with Gasteiger partial charge in [-0.2, -0.15) is 5.06 Å². The number of amides is 1. The number of rotatable bonds is 5. The summed E-state index contributed by atoms with van der Waals surface area (Å²) in [4.78, 5) is 20.0. The van der Waals surface area contributed by atoms with Crippen LogP contribution in [0.5, 0.6) is 5.75 Å². The highest BCUT2D eigenvalue weighted by Crippen LogP contribution is 2.70. The number of furan rings is 1. The molecule has 6 rings (SSSR count). The maximum absolute atomic E-state index is 13.8. The lowest BCUT2D eigenvalue weighted by atomic mass is 9.69. The van der Waals surface area contributed by atoms with E-state index in [1.807, 2.05) is 36.4 Å². The van der Waals surface area contributed by atoms with E-state index in [0.717, 1.165) is 30.6 Å². The van der Waals surface area contributed by atoms with E-state index in [9.17, 15) is 13.2 Å². The number of fused-ring (bicyclic) bond motifs is 1. The summed E-state index contributed by atoms with van der Waals surface area (Å²) in [6, 6.07) is 10.8. The van der Waals surface area contributed by atoms with Gasteiger partial charge in [0, 0.05) is 18.4 Å². The summed E-state index contributed by atoms with van der Waals surface area (Å²) in [6.45, 7) is 4.79. The molecule has 4 aliphatic rings. The number of hydroxylamine groups is 2. The molecule has 188 valence electrons. The first-order valence-corrected chi connectivity index (χ1v) is 13.9. The van der Waals surface area contributed by atoms with Gasteiger partial charge < -0.3 is 9.15 Å². The lowest BCUT2D eigenvalue weighted by Crippen LogP contribution is -2.47. The largest absolute Gasteiger partial charge is 0.497 e. The number of methoxy groups -OCH3 is 1. The molecule has 2 bridgehead atoms. The van der Waals surface area contributed by atoms with Gasteiger partial charge in [-0.15, -0.1) is 0 Å². The molecule has 2 aromatic rings. The summed E-state index contributed by atoms with van der Waals surface area (Å²) in [5.74, 6) is 1.52. The van der Waals surface area contributed by atoms with Gasteiger partial charge in [0.15, 0.2) is 6.10 Å². The zero-order valence-electron chi connectivity index (χ0n) is 20.3. The van der Waals surface area contributed by atoms with Crippen LogP contribution in [0.4, 0.5) is 0 Å². The number of hydrogen-bond acceptors (Lipinski definition) is 7. The number of carbonyl (C=O) groups excluding carboxylic acids is 1. The number of carbonyl (C=O) groups is 1. The quantitative estimate of drug-likeness (QED) is 0.615. The Morgan fingerprint density at radius 1 is 1.17 bits per heavy atom. The molecule has 2 saturated heterocycles. The Hall–Kier alpha value is -2.36. The van der Waals surface area contributed by atoms with Crippen LogP contribution < -0.4 is 4.74 Å². The zero-order valence-corrected chi connectivity index (χ0v) is 21.2. The highest BCUT2D eigenvalue weighted by molar-refractivity contribution is 7.90. The predicted molar refractivity (Wildman–Crippen MR) is 127 cm³/mol. The van der Waals surface area contributed by atoms with Crippen LogP contribution >= 0.6 is 0 Å². The predicted octanol–water partition coefficient (Wildman–Crippen LogP) is 3.90. The number of nitrogens with zero attached hydrogens (tertiary/aromatic N) is 2. The van der Waals surface area contributed by atoms with Crippen molar-refractivity contribution in [3.05, 3.63) is 54.0 Å². The van der Waals surface area contributed by atoms with Crippen molar-refractivity contribution in [3.63, 3.8) is 0 Å². The standard InChI is InChI=1S/C26H32N2O6S/c1-25(2)18-10-11-26(25)16-35(30,31)28(23(26)13-18)24(29)22-14-20(21-5-4-12-33-21)27(34-22)15-17-6-8-19(32-3)9-7-17/h4-9,12,18,20,22-23H,10-11,13-16H2,1-3H3/t18-,20-,22-,23-,26-/m1/s1. The summed E-state index contributed by atoms with van der Waals surface area (Å²) >= 11 is 0. The molecule has 1 aromatic heterocycles. The van der Waals surface area contributed by atoms with Gasteiger partial charge >= 0.3 is 0 Å². The molecule has 2 aliphatic heterocycles. The minimum Gasteiger partial charge on any atom is -0.497 e. The van der Waals surface area contributed by atoms with Crippen molar-refractivity contribution in [1.82, 2.24) is 9.37 Å². The van der Waals surface area contributed by atoms with Crippen molar-refractivity contribution < 1.29 is 27.2 Å². The van der Waals surface area contributed by atoms with Crippen LogP contribution in [0.15, 0.2) is 47.1 Å². The molecule has 4 fully saturated rings. The average Bonchev–Trinajstić information content (AvgIpc) is 3.60. The maximum Gasteiger partial charge on any atom is 0.267 e. The fraction of sp³-hybridized carbons (Fsp3) is 0.577. The highest BCUT2D eigenvalue weighted by atomic mass is 32.2. The second kappa shape index (κ2) is 7.82. The highest BCUT2D eigenvalue weighted by Gasteiger charge is 2.72. The van der Waals surface area contributed by atoms with Gasteiger partial charge in [0.05, 0.1) is 31.2 Å². The molecule has 3 heterocycles. The van der Waals surface area contributed by atoms with E-state index >= 15 is 0 Å². The van der Waals surface area contributed by atoms with Crippen LogP contribution in [0.1, 0.15) is 56.9 Å². The molecule has 35 heavy (non-hydrogen) atoms. The first-order valence-electron chi connectivity index (χ1n) is 12.3. The van der Waals surface area contributed by atoms with E-state index in [-0.39, 0.29) is 28.7 Å². The molecule has 0 unspecified atom stereocenters. The van der Waals surface area contributed by atoms with Gasteiger partial charge in [-0.3, -0.25) is 9.63 Å². The van der Waals surface area contributed by atoms with Crippen molar-refractivity contribution in [3.8, 4) is 5.75 Å². The molecule has 9 heteroatoms. The lowest BCUT2D eigenvalue weighted by Gasteiger charge is -2.37. The minimum atomic E-state index is -3.71. The maximum atomic E-state index is 13.8. The Balaban J connectivity index is 1.27. The van der Waals surface area contributed by atoms with Gasteiger partial charge in [0.1, 0.15) is 11.5 Å². The van der Waals surface area contributed by atoms with Crippen LogP contribution in [0.25, 0.3) is 0 Å². The summed E-state index contributed by atoms with van der Waals surface area (Å²) in [7, 11) is -2.08. The van der Waals surface area contributed by atoms with Gasteiger partial charge in [-0.1, -0.05) is 26.0 Å². The summed E-state index contributed by atoms with van der Waals surface area (Å²) in [5, 5.41) is 1.74. The lowest BCUT2D eigenvalue weighted by molar-refractivity contribution is -0.185. The summed E-state index contributed by atoms with van der Waals surface area (Å²) in [5.41, 5.74) is 0.541. The van der Waals surface area contributed by atoms with E-state index < -0.39 is 22.0 Å². The first-order chi connectivity index (χ1) is 16.7. The molecule has 1 amide bonds. The fourth-order valence-electron chi connectivity index (χ4n) is 7.26. The van der Waals surface area contributed by atoms with E-state index in [1.165, 1.54) is 4.31 Å². The Morgan fingerprint density at radius 3 is 2.60 bits per heavy atom. The van der Waals surface area contributed by atoms with Crippen LogP contribution in [-0.4, -0.2) is 48.7 Å². The normalized spacial score (nSPS) is 34.9. The summed E-state index contributed by atoms with van der Waals surface area (Å²) < 4.78 is 38.9. The molecular weight excluding hydrogens is 468 g/mol. The Kier molecular flexibility index (Phi) is 5.15. The minimum absolute atomic E-state index is 0.0593. The smallest absolute Gasteiger partial charge is 0.267 e. The van der Waals surface area contributed by atoms with E-state index in [2.05, 4.69) is 13.8 Å². The number of benzene rings is 1. The van der Waals surface area contributed by atoms with Gasteiger partial charge in [0.2, 0.25) is 10.0 Å². The monoisotopic (exact) mass is 500 g/mol. The van der Waals surface area contributed by atoms with Crippen molar-refractivity contribution in [2.75, 3.05) is 12.9 Å². The van der Waals surface area contributed by atoms with Crippen LogP contribution in [0.2, 0.25) is 0 Å². The third-order valence-electron chi connectivity index (χ3n) is 9.32. The molecule has 0 radical (unpaired) electrons. The molecule has 2 aliphatic carbocycles. The SMILES string of the molecule is COc1ccc(CN2O[C@@H](C(=O)N3[C@@H]4C[C@H]5CC[C@]4(CS3(=O)=O)C5(C)C)C[C@@H]2c2ccco2)cc1. The van der Waals surface area contributed by atoms with Crippen LogP contribution in [0.3, 0.4) is 0 Å². The molecule has 1 spiro atoms. The molecule has 0 N–H and O–H groups in total. The third kappa shape index (κ3) is 3.31. The Morgan fingerprint density at radius 2 is 1.94 bits per heavy atom. The molecule has 5 atom stereocenters. The number of ether oxygens (including phenoxy) is 1. The Labute approximate surface area is 206 Å². The van der Waals surface area contributed by atoms with Gasteiger partial charge in [-0.25, -0.2) is 12.7 Å². The molecule has 1 aromatic carbocycles. The zero-order chi connectivity index (χ0) is 24.6. The van der Waals surface area contributed by atoms with E-state index in [1.54, 1.807) is 18.4 Å². The van der Waals surface area contributed by atoms with E-state index in [4.69, 9.17) is 14.0 Å². The van der Waals surface area contributed by atoms with Crippen LogP contribution in [0, 0.1) is 16.7 Å². The molecule has 2 saturated carbocycles. The average molecular weight is 501 g/mol. The first kappa shape index (κ1) is 23.1. The second-order valence-electron chi connectivity index (χ2n) is 11.0. The van der Waals surface area contributed by atoms with Gasteiger partial charge in [-0.05, 0) is 60.4 Å². The number of hydrogen-bond donors (Lipinski definition) is 0. The van der Waals surface area contributed by atoms with Crippen molar-refractivity contribution in [2.45, 2.75) is 64.3 Å². The summed E-state index contributed by atoms with van der Waals surface area (Å²) in [6.07, 6.45) is 3.71.